The largest absolute Gasteiger partial charge is 0.339 e. The number of hydrogen-bond acceptors (Lipinski definition) is 3. The van der Waals surface area contributed by atoms with Crippen molar-refractivity contribution in [2.75, 3.05) is 13.1 Å². The highest BCUT2D eigenvalue weighted by molar-refractivity contribution is 7.89. The Morgan fingerprint density at radius 1 is 1.26 bits per heavy atom. The van der Waals surface area contributed by atoms with Gasteiger partial charge in [-0.05, 0) is 25.0 Å². The summed E-state index contributed by atoms with van der Waals surface area (Å²) in [5, 5.41) is 0.190. The lowest BCUT2D eigenvalue weighted by atomic mass is 9.94. The second-order valence-corrected chi connectivity index (χ2v) is 7.98. The Labute approximate surface area is 143 Å². The van der Waals surface area contributed by atoms with E-state index >= 15 is 0 Å². The van der Waals surface area contributed by atoms with E-state index in [0.29, 0.717) is 6.54 Å². The topological polar surface area (TPSA) is 66.5 Å². The maximum atomic E-state index is 12.3. The number of nitrogens with one attached hydrogen (secondary N) is 1. The van der Waals surface area contributed by atoms with Crippen molar-refractivity contribution in [3.63, 3.8) is 0 Å². The van der Waals surface area contributed by atoms with E-state index in [1.165, 1.54) is 19.4 Å². The average Bonchev–Trinajstić information content (AvgIpc) is 2.52. The number of rotatable bonds is 6. The van der Waals surface area contributed by atoms with Gasteiger partial charge < -0.3 is 4.90 Å². The van der Waals surface area contributed by atoms with Gasteiger partial charge in [0.1, 0.15) is 4.90 Å². The minimum absolute atomic E-state index is 0.00570. The molecule has 5 nitrogen and oxygen atoms in total. The summed E-state index contributed by atoms with van der Waals surface area (Å²) in [6.07, 6.45) is 5.45. The molecule has 128 valence electrons. The zero-order chi connectivity index (χ0) is 16.9. The van der Waals surface area contributed by atoms with E-state index in [-0.39, 0.29) is 28.4 Å². The molecule has 1 aliphatic carbocycles. The van der Waals surface area contributed by atoms with E-state index in [1.54, 1.807) is 23.1 Å². The van der Waals surface area contributed by atoms with Gasteiger partial charge in [0.05, 0.1) is 5.02 Å². The molecule has 0 heterocycles. The number of halogens is 1. The summed E-state index contributed by atoms with van der Waals surface area (Å²) in [4.78, 5) is 13.7. The monoisotopic (exact) mass is 358 g/mol. The molecule has 1 aromatic rings. The molecule has 1 saturated carbocycles. The van der Waals surface area contributed by atoms with Gasteiger partial charge in [-0.3, -0.25) is 4.79 Å². The van der Waals surface area contributed by atoms with Crippen molar-refractivity contribution < 1.29 is 13.2 Å². The molecule has 0 bridgehead atoms. The number of amides is 1. The molecule has 0 aliphatic heterocycles. The van der Waals surface area contributed by atoms with Crippen LogP contribution in [0.25, 0.3) is 0 Å². The van der Waals surface area contributed by atoms with Crippen molar-refractivity contribution in [2.24, 2.45) is 0 Å². The third-order valence-corrected chi connectivity index (χ3v) is 6.15. The van der Waals surface area contributed by atoms with Crippen LogP contribution in [0.3, 0.4) is 0 Å². The molecule has 0 unspecified atom stereocenters. The van der Waals surface area contributed by atoms with Gasteiger partial charge in [-0.25, -0.2) is 13.1 Å². The summed E-state index contributed by atoms with van der Waals surface area (Å²) in [6.45, 7) is 2.10. The minimum atomic E-state index is -3.66. The third kappa shape index (κ3) is 4.93. The molecule has 0 radical (unpaired) electrons. The molecular weight excluding hydrogens is 336 g/mol. The highest BCUT2D eigenvalue weighted by atomic mass is 35.5. The molecule has 0 atom stereocenters. The first kappa shape index (κ1) is 18.2. The molecule has 0 aromatic heterocycles. The van der Waals surface area contributed by atoms with E-state index < -0.39 is 10.0 Å². The number of carbonyl (C=O) groups is 1. The van der Waals surface area contributed by atoms with Crippen molar-refractivity contribution in [3.8, 4) is 0 Å². The van der Waals surface area contributed by atoms with Crippen LogP contribution in [-0.2, 0) is 14.8 Å². The molecule has 1 aliphatic rings. The van der Waals surface area contributed by atoms with Crippen LogP contribution in [0, 0.1) is 0 Å². The summed E-state index contributed by atoms with van der Waals surface area (Å²) in [7, 11) is -3.66. The number of carbonyl (C=O) groups excluding carboxylic acids is 1. The highest BCUT2D eigenvalue weighted by Crippen LogP contribution is 2.23. The molecule has 1 N–H and O–H groups in total. The summed E-state index contributed by atoms with van der Waals surface area (Å²) >= 11 is 5.94. The molecular formula is C16H23ClN2O3S. The summed E-state index contributed by atoms with van der Waals surface area (Å²) in [5.41, 5.74) is 0. The van der Waals surface area contributed by atoms with Crippen LogP contribution >= 0.6 is 11.6 Å². The Balaban J connectivity index is 1.96. The molecule has 1 amide bonds. The normalized spacial score (nSPS) is 16.3. The average molecular weight is 359 g/mol. The Hall–Kier alpha value is -1.11. The van der Waals surface area contributed by atoms with Crippen molar-refractivity contribution in [2.45, 2.75) is 50.0 Å². The van der Waals surface area contributed by atoms with Crippen LogP contribution in [-0.4, -0.2) is 38.4 Å². The Morgan fingerprint density at radius 3 is 2.52 bits per heavy atom. The van der Waals surface area contributed by atoms with Gasteiger partial charge in [-0.2, -0.15) is 0 Å². The van der Waals surface area contributed by atoms with Crippen molar-refractivity contribution in [3.05, 3.63) is 29.3 Å². The fourth-order valence-electron chi connectivity index (χ4n) is 3.03. The van der Waals surface area contributed by atoms with Crippen LogP contribution < -0.4 is 4.72 Å². The summed E-state index contributed by atoms with van der Waals surface area (Å²) in [6, 6.07) is 6.55. The Morgan fingerprint density at radius 2 is 1.91 bits per heavy atom. The predicted molar refractivity (Wildman–Crippen MR) is 90.9 cm³/mol. The molecule has 1 aromatic carbocycles. The lowest BCUT2D eigenvalue weighted by molar-refractivity contribution is -0.131. The lowest BCUT2D eigenvalue weighted by Crippen LogP contribution is -2.44. The minimum Gasteiger partial charge on any atom is -0.339 e. The molecule has 0 spiro atoms. The maximum absolute atomic E-state index is 12.3. The Kier molecular flexibility index (Phi) is 6.44. The second-order valence-electron chi connectivity index (χ2n) is 5.83. The van der Waals surface area contributed by atoms with Crippen LogP contribution in [0.4, 0.5) is 0 Å². The highest BCUT2D eigenvalue weighted by Gasteiger charge is 2.24. The molecule has 23 heavy (non-hydrogen) atoms. The first-order chi connectivity index (χ1) is 10.9. The maximum Gasteiger partial charge on any atom is 0.242 e. The Bertz CT molecular complexity index is 642. The van der Waals surface area contributed by atoms with E-state index in [4.69, 9.17) is 11.6 Å². The van der Waals surface area contributed by atoms with Crippen LogP contribution in [0.1, 0.15) is 39.0 Å². The van der Waals surface area contributed by atoms with Crippen LogP contribution in [0.5, 0.6) is 0 Å². The summed E-state index contributed by atoms with van der Waals surface area (Å²) < 4.78 is 27.1. The van der Waals surface area contributed by atoms with Gasteiger partial charge in [0, 0.05) is 26.1 Å². The third-order valence-electron chi connectivity index (χ3n) is 4.19. The van der Waals surface area contributed by atoms with Crippen molar-refractivity contribution in [1.82, 2.24) is 9.62 Å². The van der Waals surface area contributed by atoms with E-state index in [2.05, 4.69) is 4.72 Å². The molecule has 1 fully saturated rings. The quantitative estimate of drug-likeness (QED) is 0.850. The van der Waals surface area contributed by atoms with Crippen molar-refractivity contribution in [1.29, 1.82) is 0 Å². The molecule has 2 rings (SSSR count). The van der Waals surface area contributed by atoms with Gasteiger partial charge in [0.15, 0.2) is 0 Å². The summed E-state index contributed by atoms with van der Waals surface area (Å²) in [5.74, 6) is -0.00570. The lowest BCUT2D eigenvalue weighted by Gasteiger charge is -2.33. The van der Waals surface area contributed by atoms with Crippen molar-refractivity contribution >= 4 is 27.5 Å². The van der Waals surface area contributed by atoms with Gasteiger partial charge in [-0.15, -0.1) is 0 Å². The predicted octanol–water partition coefficient (Wildman–Crippen LogP) is 2.80. The van der Waals surface area contributed by atoms with Crippen LogP contribution in [0.2, 0.25) is 5.02 Å². The smallest absolute Gasteiger partial charge is 0.242 e. The van der Waals surface area contributed by atoms with Gasteiger partial charge >= 0.3 is 0 Å². The number of benzene rings is 1. The van der Waals surface area contributed by atoms with E-state index in [9.17, 15) is 13.2 Å². The first-order valence-corrected chi connectivity index (χ1v) is 9.79. The zero-order valence-corrected chi connectivity index (χ0v) is 14.9. The fourth-order valence-corrected chi connectivity index (χ4v) is 4.57. The van der Waals surface area contributed by atoms with Gasteiger partial charge in [-0.1, -0.05) is 43.0 Å². The van der Waals surface area contributed by atoms with E-state index in [1.807, 2.05) is 0 Å². The van der Waals surface area contributed by atoms with Gasteiger partial charge in [0.2, 0.25) is 15.9 Å². The number of nitrogens with zero attached hydrogens (tertiary/aromatic N) is 1. The standard InChI is InChI=1S/C16H23ClN2O3S/c1-13(20)19(14-7-3-2-4-8-14)12-11-18-23(21,22)16-10-6-5-9-15(16)17/h5-6,9-10,14,18H,2-4,7-8,11-12H2,1H3. The molecule has 7 heteroatoms. The zero-order valence-electron chi connectivity index (χ0n) is 13.3. The number of sulfonamides is 1. The molecule has 0 saturated heterocycles. The second kappa shape index (κ2) is 8.13. The van der Waals surface area contributed by atoms with Crippen LogP contribution in [0.15, 0.2) is 29.2 Å². The number of hydrogen-bond donors (Lipinski definition) is 1. The van der Waals surface area contributed by atoms with Gasteiger partial charge in [0.25, 0.3) is 0 Å². The van der Waals surface area contributed by atoms with E-state index in [0.717, 1.165) is 25.7 Å². The fraction of sp³-hybridized carbons (Fsp3) is 0.562. The first-order valence-electron chi connectivity index (χ1n) is 7.93. The SMILES string of the molecule is CC(=O)N(CCNS(=O)(=O)c1ccccc1Cl)C1CCCCC1.